The predicted molar refractivity (Wildman–Crippen MR) is 76.6 cm³/mol. The summed E-state index contributed by atoms with van der Waals surface area (Å²) in [5, 5.41) is 6.20. The molecule has 4 nitrogen and oxygen atoms in total. The van der Waals surface area contributed by atoms with Crippen molar-refractivity contribution in [1.82, 2.24) is 5.32 Å². The quantitative estimate of drug-likeness (QED) is 0.879. The number of carbonyl (C=O) groups is 1. The summed E-state index contributed by atoms with van der Waals surface area (Å²) in [6.07, 6.45) is 3.22. The molecule has 2 rings (SSSR count). The smallest absolute Gasteiger partial charge is 0.251 e. The second-order valence-electron chi connectivity index (χ2n) is 4.99. The van der Waals surface area contributed by atoms with Gasteiger partial charge < -0.3 is 15.4 Å². The zero-order valence-electron chi connectivity index (χ0n) is 11.7. The van der Waals surface area contributed by atoms with Gasteiger partial charge in [-0.1, -0.05) is 6.07 Å². The third-order valence-corrected chi connectivity index (χ3v) is 3.54. The van der Waals surface area contributed by atoms with Gasteiger partial charge in [-0.3, -0.25) is 4.79 Å². The van der Waals surface area contributed by atoms with Gasteiger partial charge in [0.1, 0.15) is 0 Å². The van der Waals surface area contributed by atoms with Crippen LogP contribution in [0.2, 0.25) is 0 Å². The van der Waals surface area contributed by atoms with Crippen molar-refractivity contribution < 1.29 is 9.53 Å². The minimum atomic E-state index is -0.0488. The van der Waals surface area contributed by atoms with Crippen molar-refractivity contribution in [3.63, 3.8) is 0 Å². The van der Waals surface area contributed by atoms with Gasteiger partial charge in [0.25, 0.3) is 5.91 Å². The van der Waals surface area contributed by atoms with E-state index in [1.807, 2.05) is 18.2 Å². The summed E-state index contributed by atoms with van der Waals surface area (Å²) in [6, 6.07) is 6.20. The summed E-state index contributed by atoms with van der Waals surface area (Å²) >= 11 is 0. The fraction of sp³-hybridized carbons (Fsp3) is 0.533. The lowest BCUT2D eigenvalue weighted by Crippen LogP contribution is -2.21. The van der Waals surface area contributed by atoms with Gasteiger partial charge in [-0.2, -0.15) is 0 Å². The molecule has 0 bridgehead atoms. The van der Waals surface area contributed by atoms with Crippen LogP contribution in [0.1, 0.15) is 35.2 Å². The highest BCUT2D eigenvalue weighted by Gasteiger charge is 2.14. The third kappa shape index (κ3) is 3.70. The fourth-order valence-electron chi connectivity index (χ4n) is 2.33. The summed E-state index contributed by atoms with van der Waals surface area (Å²) in [4.78, 5) is 11.7. The van der Waals surface area contributed by atoms with Crippen molar-refractivity contribution in [1.29, 1.82) is 0 Å². The molecule has 2 N–H and O–H groups in total. The number of rotatable bonds is 3. The number of hydrogen-bond donors (Lipinski definition) is 2. The summed E-state index contributed by atoms with van der Waals surface area (Å²) < 4.78 is 5.47. The van der Waals surface area contributed by atoms with Crippen molar-refractivity contribution >= 4 is 11.6 Å². The van der Waals surface area contributed by atoms with E-state index in [1.54, 1.807) is 7.05 Å². The van der Waals surface area contributed by atoms with Crippen LogP contribution in [0.4, 0.5) is 5.69 Å². The Labute approximate surface area is 114 Å². The molecule has 1 aromatic rings. The molecule has 1 atom stereocenters. The Morgan fingerprint density at radius 3 is 2.95 bits per heavy atom. The van der Waals surface area contributed by atoms with E-state index in [0.717, 1.165) is 43.7 Å². The van der Waals surface area contributed by atoms with E-state index in [4.69, 9.17) is 4.74 Å². The molecule has 0 spiro atoms. The van der Waals surface area contributed by atoms with E-state index in [1.165, 1.54) is 0 Å². The van der Waals surface area contributed by atoms with E-state index in [2.05, 4.69) is 17.6 Å². The highest BCUT2D eigenvalue weighted by molar-refractivity contribution is 5.95. The normalized spacial score (nSPS) is 19.6. The first kappa shape index (κ1) is 13.9. The molecule has 1 unspecified atom stereocenters. The fourth-order valence-corrected chi connectivity index (χ4v) is 2.33. The lowest BCUT2D eigenvalue weighted by atomic mass is 10.1. The first-order valence-corrected chi connectivity index (χ1v) is 6.87. The molecule has 1 saturated heterocycles. The van der Waals surface area contributed by atoms with E-state index >= 15 is 0 Å². The number of benzene rings is 1. The van der Waals surface area contributed by atoms with Crippen LogP contribution in [0, 0.1) is 6.92 Å². The second kappa shape index (κ2) is 6.57. The molecule has 1 aromatic carbocycles. The van der Waals surface area contributed by atoms with Gasteiger partial charge in [-0.15, -0.1) is 0 Å². The number of anilines is 1. The maximum Gasteiger partial charge on any atom is 0.251 e. The van der Waals surface area contributed by atoms with E-state index in [0.29, 0.717) is 11.6 Å². The summed E-state index contributed by atoms with van der Waals surface area (Å²) in [7, 11) is 1.65. The van der Waals surface area contributed by atoms with Crippen molar-refractivity contribution in [2.24, 2.45) is 0 Å². The van der Waals surface area contributed by atoms with Crippen LogP contribution >= 0.6 is 0 Å². The number of ether oxygens (including phenoxy) is 1. The van der Waals surface area contributed by atoms with Crippen molar-refractivity contribution in [3.05, 3.63) is 29.3 Å². The predicted octanol–water partition coefficient (Wildman–Crippen LogP) is 2.34. The standard InChI is InChI=1S/C15H22N2O2/c1-11-5-6-12(15(18)16-2)10-14(11)17-13-4-3-8-19-9-7-13/h5-6,10,13,17H,3-4,7-9H2,1-2H3,(H,16,18). The van der Waals surface area contributed by atoms with Gasteiger partial charge in [0.15, 0.2) is 0 Å². The van der Waals surface area contributed by atoms with Crippen molar-refractivity contribution in [2.75, 3.05) is 25.6 Å². The number of carbonyl (C=O) groups excluding carboxylic acids is 1. The lowest BCUT2D eigenvalue weighted by molar-refractivity contribution is 0.0963. The van der Waals surface area contributed by atoms with Crippen molar-refractivity contribution in [3.8, 4) is 0 Å². The van der Waals surface area contributed by atoms with Crippen LogP contribution < -0.4 is 10.6 Å². The molecule has 1 aliphatic rings. The summed E-state index contributed by atoms with van der Waals surface area (Å²) in [5.74, 6) is -0.0488. The average molecular weight is 262 g/mol. The molecule has 19 heavy (non-hydrogen) atoms. The molecule has 4 heteroatoms. The number of aryl methyl sites for hydroxylation is 1. The Morgan fingerprint density at radius 1 is 1.32 bits per heavy atom. The molecule has 104 valence electrons. The number of hydrogen-bond acceptors (Lipinski definition) is 3. The molecule has 1 heterocycles. The maximum absolute atomic E-state index is 11.7. The topological polar surface area (TPSA) is 50.4 Å². The molecular formula is C15H22N2O2. The molecule has 1 aliphatic heterocycles. The zero-order valence-corrected chi connectivity index (χ0v) is 11.7. The van der Waals surface area contributed by atoms with Crippen LogP contribution in [-0.2, 0) is 4.74 Å². The van der Waals surface area contributed by atoms with E-state index < -0.39 is 0 Å². The van der Waals surface area contributed by atoms with E-state index in [9.17, 15) is 4.79 Å². The van der Waals surface area contributed by atoms with Crippen LogP contribution in [-0.4, -0.2) is 32.2 Å². The van der Waals surface area contributed by atoms with Crippen LogP contribution in [0.5, 0.6) is 0 Å². The molecule has 0 aliphatic carbocycles. The maximum atomic E-state index is 11.7. The molecule has 0 radical (unpaired) electrons. The molecule has 1 fully saturated rings. The SMILES string of the molecule is CNC(=O)c1ccc(C)c(NC2CCCOCC2)c1. The molecule has 0 saturated carbocycles. The van der Waals surface area contributed by atoms with Gasteiger partial charge in [0.2, 0.25) is 0 Å². The Bertz CT molecular complexity index is 438. The molecular weight excluding hydrogens is 240 g/mol. The first-order chi connectivity index (χ1) is 9.20. The van der Waals surface area contributed by atoms with Gasteiger partial charge in [-0.25, -0.2) is 0 Å². The van der Waals surface area contributed by atoms with Gasteiger partial charge >= 0.3 is 0 Å². The van der Waals surface area contributed by atoms with Gasteiger partial charge in [0, 0.05) is 37.6 Å². The van der Waals surface area contributed by atoms with Crippen LogP contribution in [0.3, 0.4) is 0 Å². The van der Waals surface area contributed by atoms with Gasteiger partial charge in [-0.05, 0) is 43.9 Å². The minimum absolute atomic E-state index is 0.0488. The van der Waals surface area contributed by atoms with Crippen LogP contribution in [0.25, 0.3) is 0 Å². The Kier molecular flexibility index (Phi) is 4.80. The second-order valence-corrected chi connectivity index (χ2v) is 4.99. The lowest BCUT2D eigenvalue weighted by Gasteiger charge is -2.19. The Balaban J connectivity index is 2.11. The van der Waals surface area contributed by atoms with Gasteiger partial charge in [0.05, 0.1) is 0 Å². The Morgan fingerprint density at radius 2 is 2.16 bits per heavy atom. The monoisotopic (exact) mass is 262 g/mol. The van der Waals surface area contributed by atoms with Crippen LogP contribution in [0.15, 0.2) is 18.2 Å². The van der Waals surface area contributed by atoms with Crippen molar-refractivity contribution in [2.45, 2.75) is 32.2 Å². The number of nitrogens with one attached hydrogen (secondary N) is 2. The summed E-state index contributed by atoms with van der Waals surface area (Å²) in [5.41, 5.74) is 2.91. The zero-order chi connectivity index (χ0) is 13.7. The average Bonchev–Trinajstić information content (AvgIpc) is 2.69. The summed E-state index contributed by atoms with van der Waals surface area (Å²) in [6.45, 7) is 3.73. The van der Waals surface area contributed by atoms with E-state index in [-0.39, 0.29) is 5.91 Å². The molecule has 0 aromatic heterocycles. The molecule has 1 amide bonds. The largest absolute Gasteiger partial charge is 0.382 e. The first-order valence-electron chi connectivity index (χ1n) is 6.87. The third-order valence-electron chi connectivity index (χ3n) is 3.54. The highest BCUT2D eigenvalue weighted by atomic mass is 16.5. The Hall–Kier alpha value is -1.55. The minimum Gasteiger partial charge on any atom is -0.382 e. The number of amides is 1. The highest BCUT2D eigenvalue weighted by Crippen LogP contribution is 2.21.